The van der Waals surface area contributed by atoms with Crippen LogP contribution in [-0.2, 0) is 10.8 Å². The number of fused-ring (bicyclic) bond motifs is 6. The molecule has 0 bridgehead atoms. The molecular formula is C84H145Br2N9. The van der Waals surface area contributed by atoms with Gasteiger partial charge in [-0.25, -0.2) is 0 Å². The van der Waals surface area contributed by atoms with Gasteiger partial charge in [0.1, 0.15) is 0 Å². The third-order valence-corrected chi connectivity index (χ3v) is 21.3. The Kier molecular flexibility index (Phi) is 43.2. The van der Waals surface area contributed by atoms with E-state index in [1.807, 2.05) is 0 Å². The van der Waals surface area contributed by atoms with Crippen LogP contribution in [0, 0.1) is 27.7 Å². The molecule has 0 unspecified atom stereocenters. The highest BCUT2D eigenvalue weighted by molar-refractivity contribution is 9.09. The van der Waals surface area contributed by atoms with Gasteiger partial charge in [0.2, 0.25) is 0 Å². The van der Waals surface area contributed by atoms with Gasteiger partial charge in [0.25, 0.3) is 0 Å². The molecule has 9 nitrogen and oxygen atoms in total. The fraction of sp³-hybridized carbons (Fsp3) is 0.714. The van der Waals surface area contributed by atoms with Crippen molar-refractivity contribution in [2.75, 3.05) is 187 Å². The molecule has 4 aromatic rings. The minimum Gasteiger partial charge on any atom is -0.317 e. The molecule has 0 atom stereocenters. The molecule has 6 rings (SSSR count). The summed E-state index contributed by atoms with van der Waals surface area (Å²) in [7, 11) is 26.1. The van der Waals surface area contributed by atoms with Crippen molar-refractivity contribution in [3.05, 3.63) is 117 Å². The molecule has 0 fully saturated rings. The maximum atomic E-state index is 3.59. The van der Waals surface area contributed by atoms with E-state index in [0.29, 0.717) is 0 Å². The molecule has 11 heteroatoms. The summed E-state index contributed by atoms with van der Waals surface area (Å²) in [6, 6.07) is 29.0. The molecule has 1 N–H and O–H groups in total. The lowest BCUT2D eigenvalue weighted by molar-refractivity contribution is 0.235. The van der Waals surface area contributed by atoms with E-state index in [-0.39, 0.29) is 10.8 Å². The van der Waals surface area contributed by atoms with Gasteiger partial charge in [-0.15, -0.1) is 0 Å². The number of nitrogens with one attached hydrogen (secondary N) is 1. The number of hydrogen-bond donors (Lipinski definition) is 1. The normalized spacial score (nSPS) is 13.6. The van der Waals surface area contributed by atoms with Crippen LogP contribution >= 0.6 is 31.9 Å². The van der Waals surface area contributed by atoms with E-state index in [0.717, 1.165) is 23.7 Å². The Bertz CT molecular complexity index is 2430. The fourth-order valence-electron chi connectivity index (χ4n) is 15.0. The van der Waals surface area contributed by atoms with Gasteiger partial charge in [0.05, 0.1) is 0 Å². The first-order valence-electron chi connectivity index (χ1n) is 38.3. The molecule has 0 heterocycles. The molecular weight excluding hydrogens is 1290 g/mol. The molecule has 0 saturated carbocycles. The summed E-state index contributed by atoms with van der Waals surface area (Å²) in [6.45, 7) is 25.9. The molecule has 0 saturated heterocycles. The zero-order valence-corrected chi connectivity index (χ0v) is 67.6. The third kappa shape index (κ3) is 31.9. The monoisotopic (exact) mass is 1440 g/mol. The Balaban J connectivity index is 0.000000377. The first-order chi connectivity index (χ1) is 45.7. The molecule has 0 aliphatic heterocycles. The first-order valence-corrected chi connectivity index (χ1v) is 40.5. The van der Waals surface area contributed by atoms with E-state index < -0.39 is 0 Å². The summed E-state index contributed by atoms with van der Waals surface area (Å²) in [5.74, 6) is 0. The zero-order chi connectivity index (χ0) is 69.4. The van der Waals surface area contributed by atoms with Crippen LogP contribution in [0.3, 0.4) is 0 Å². The standard InChI is InChI=1S/C47H84N6.C27H36Br2.C10H25N3/c1-41-23-25-43-44-26-24-42(2)40-46(44)47(45(43)39-41,27-15-11-13-17-33-52(35-19-29-48(3)4)36-20-30-49(5)6)28-16-12-14-18-34-53(37-21-31-50(7)8)38-22-32-51(9)10;1-21-11-13-23-24-14-12-22(2)20-26(24)27(25(23)19-21,15-7-3-5-9-17-28)16-8-4-6-10-18-29;1-12(2)9-5-7-11-8-6-10-13(3)4/h23-26,39-40H,11-22,27-38H2,1-10H3;11-14,19-20H,3-10,15-18H2,1-2H3;11H,5-10H2,1-4H3. The van der Waals surface area contributed by atoms with E-state index in [4.69, 9.17) is 0 Å². The Hall–Kier alpha value is -2.52. The smallest absolute Gasteiger partial charge is 0.0215 e. The predicted molar refractivity (Wildman–Crippen MR) is 429 cm³/mol. The minimum atomic E-state index is 0.150. The summed E-state index contributed by atoms with van der Waals surface area (Å²) in [5, 5.41) is 5.71. The summed E-state index contributed by atoms with van der Waals surface area (Å²) in [6.07, 6.45) is 34.0. The molecule has 0 spiro atoms. The Morgan fingerprint density at radius 1 is 0.263 bits per heavy atom. The largest absolute Gasteiger partial charge is 0.317 e. The second-order valence-electron chi connectivity index (χ2n) is 30.8. The number of halogens is 2. The highest BCUT2D eigenvalue weighted by atomic mass is 79.9. The van der Waals surface area contributed by atoms with Gasteiger partial charge < -0.3 is 44.5 Å². The number of unbranched alkanes of at least 4 members (excludes halogenated alkanes) is 12. The Morgan fingerprint density at radius 3 is 0.726 bits per heavy atom. The van der Waals surface area contributed by atoms with Gasteiger partial charge >= 0.3 is 0 Å². The second-order valence-corrected chi connectivity index (χ2v) is 32.4. The van der Waals surface area contributed by atoms with Crippen molar-refractivity contribution < 1.29 is 0 Å². The van der Waals surface area contributed by atoms with Crippen molar-refractivity contribution >= 4 is 31.9 Å². The molecule has 0 aromatic heterocycles. The summed E-state index contributed by atoms with van der Waals surface area (Å²) in [4.78, 5) is 19.2. The number of aryl methyl sites for hydroxylation is 4. The van der Waals surface area contributed by atoms with Gasteiger partial charge in [-0.3, -0.25) is 0 Å². The summed E-state index contributed by atoms with van der Waals surface area (Å²) < 4.78 is 0. The van der Waals surface area contributed by atoms with Gasteiger partial charge in [-0.2, -0.15) is 0 Å². The van der Waals surface area contributed by atoms with Crippen molar-refractivity contribution in [2.45, 2.75) is 205 Å². The molecule has 2 aliphatic carbocycles. The molecule has 540 valence electrons. The van der Waals surface area contributed by atoms with Gasteiger partial charge in [0, 0.05) is 21.5 Å². The van der Waals surface area contributed by atoms with E-state index in [1.165, 1.54) is 290 Å². The summed E-state index contributed by atoms with van der Waals surface area (Å²) >= 11 is 7.18. The predicted octanol–water partition coefficient (Wildman–Crippen LogP) is 18.6. The number of hydrogen-bond acceptors (Lipinski definition) is 9. The Morgan fingerprint density at radius 2 is 0.484 bits per heavy atom. The topological polar surface area (TPSA) is 38.0 Å². The average Bonchev–Trinajstić information content (AvgIpc) is 1.58. The lowest BCUT2D eigenvalue weighted by atomic mass is 9.70. The van der Waals surface area contributed by atoms with Crippen LogP contribution in [0.15, 0.2) is 72.8 Å². The second kappa shape index (κ2) is 48.3. The number of nitrogens with zero attached hydrogens (tertiary/aromatic N) is 8. The number of benzene rings is 4. The lowest BCUT2D eigenvalue weighted by Crippen LogP contribution is -2.31. The third-order valence-electron chi connectivity index (χ3n) is 20.2. The van der Waals surface area contributed by atoms with E-state index in [1.54, 1.807) is 22.3 Å². The highest BCUT2D eigenvalue weighted by Gasteiger charge is 2.44. The lowest BCUT2D eigenvalue weighted by Gasteiger charge is -2.33. The maximum Gasteiger partial charge on any atom is 0.0215 e. The molecule has 4 aromatic carbocycles. The first kappa shape index (κ1) is 84.9. The molecule has 2 aliphatic rings. The molecule has 95 heavy (non-hydrogen) atoms. The van der Waals surface area contributed by atoms with Gasteiger partial charge in [-0.1, -0.05) is 204 Å². The van der Waals surface area contributed by atoms with Crippen molar-refractivity contribution in [3.63, 3.8) is 0 Å². The van der Waals surface area contributed by atoms with Crippen molar-refractivity contribution in [1.29, 1.82) is 0 Å². The van der Waals surface area contributed by atoms with Crippen molar-refractivity contribution in [1.82, 2.24) is 44.5 Å². The fourth-order valence-corrected chi connectivity index (χ4v) is 15.8. The van der Waals surface area contributed by atoms with Crippen LogP contribution in [0.5, 0.6) is 0 Å². The van der Waals surface area contributed by atoms with Crippen molar-refractivity contribution in [3.8, 4) is 22.3 Å². The van der Waals surface area contributed by atoms with Gasteiger partial charge in [0.15, 0.2) is 0 Å². The van der Waals surface area contributed by atoms with Gasteiger partial charge in [-0.05, 0) is 338 Å². The summed E-state index contributed by atoms with van der Waals surface area (Å²) in [5.41, 5.74) is 18.4. The van der Waals surface area contributed by atoms with Crippen LogP contribution in [0.25, 0.3) is 22.3 Å². The number of alkyl halides is 2. The van der Waals surface area contributed by atoms with Crippen LogP contribution in [0.4, 0.5) is 0 Å². The maximum absolute atomic E-state index is 3.59. The molecule has 0 radical (unpaired) electrons. The van der Waals surface area contributed by atoms with E-state index in [2.05, 4.69) is 261 Å². The average molecular weight is 1440 g/mol. The SMILES string of the molecule is CN(C)CCCNCCCN(C)C.Cc1ccc2c(c1)C(CCCCCCBr)(CCCCCCBr)c1cc(C)ccc1-2.Cc1ccc2c(c1)C(CCCCCCN(CCCN(C)C)CCCN(C)C)(CCCCCCN(CCCN(C)C)CCCN(C)C)c1cc(C)ccc1-2. The zero-order valence-electron chi connectivity index (χ0n) is 64.5. The van der Waals surface area contributed by atoms with Crippen LogP contribution in [-0.4, -0.2) is 226 Å². The molecule has 0 amide bonds. The highest BCUT2D eigenvalue weighted by Crippen LogP contribution is 2.56. The number of rotatable bonds is 50. The van der Waals surface area contributed by atoms with Crippen molar-refractivity contribution in [2.24, 2.45) is 0 Å². The van der Waals surface area contributed by atoms with Crippen LogP contribution in [0.2, 0.25) is 0 Å². The van der Waals surface area contributed by atoms with Crippen LogP contribution < -0.4 is 5.32 Å². The minimum absolute atomic E-state index is 0.150. The van der Waals surface area contributed by atoms with E-state index >= 15 is 0 Å². The van der Waals surface area contributed by atoms with Crippen LogP contribution in [0.1, 0.15) is 211 Å². The van der Waals surface area contributed by atoms with E-state index in [9.17, 15) is 0 Å². The quantitative estimate of drug-likeness (QED) is 0.0344. The Labute approximate surface area is 604 Å².